The van der Waals surface area contributed by atoms with Crippen molar-refractivity contribution in [2.24, 2.45) is 10.2 Å². The minimum absolute atomic E-state index is 0.0343. The Balaban J connectivity index is 3.75. The Morgan fingerprint density at radius 3 is 1.86 bits per heavy atom. The van der Waals surface area contributed by atoms with Crippen molar-refractivity contribution in [3.63, 3.8) is 0 Å². The number of hydrogen-bond acceptors (Lipinski definition) is 4. The molecular weight excluding hydrogens is 186 g/mol. The Morgan fingerprint density at radius 1 is 1.00 bits per heavy atom. The molecule has 0 atom stereocenters. The van der Waals surface area contributed by atoms with Gasteiger partial charge in [0.25, 0.3) is 0 Å². The third kappa shape index (κ3) is 7.20. The normalized spacial score (nSPS) is 9.29. The molecule has 0 aliphatic carbocycles. The highest BCUT2D eigenvalue weighted by molar-refractivity contribution is 4.61. The van der Waals surface area contributed by atoms with E-state index in [9.17, 15) is 0 Å². The molecule has 0 radical (unpaired) electrons. The lowest BCUT2D eigenvalue weighted by Gasteiger charge is -2.18. The van der Waals surface area contributed by atoms with Crippen LogP contribution in [0.25, 0.3) is 20.9 Å². The highest BCUT2D eigenvalue weighted by Gasteiger charge is 2.01. The van der Waals surface area contributed by atoms with E-state index in [1.54, 1.807) is 0 Å². The van der Waals surface area contributed by atoms with Crippen molar-refractivity contribution >= 4 is 0 Å². The SMILES string of the molecule is [N-]=[N+]=NCCN(CCO)CCN=[N+]=[N-]. The first-order valence-corrected chi connectivity index (χ1v) is 4.20. The summed E-state index contributed by atoms with van der Waals surface area (Å²) in [5, 5.41) is 15.5. The zero-order valence-electron chi connectivity index (χ0n) is 7.82. The van der Waals surface area contributed by atoms with Gasteiger partial charge in [0, 0.05) is 42.5 Å². The van der Waals surface area contributed by atoms with Crippen LogP contribution in [0.3, 0.4) is 0 Å². The predicted molar refractivity (Wildman–Crippen MR) is 51.6 cm³/mol. The monoisotopic (exact) mass is 199 g/mol. The molecule has 0 aromatic rings. The first-order chi connectivity index (χ1) is 6.85. The van der Waals surface area contributed by atoms with Gasteiger partial charge in [-0.2, -0.15) is 0 Å². The third-order valence-corrected chi connectivity index (χ3v) is 1.58. The van der Waals surface area contributed by atoms with Crippen molar-refractivity contribution in [2.45, 2.75) is 0 Å². The second-order valence-electron chi connectivity index (χ2n) is 2.47. The summed E-state index contributed by atoms with van der Waals surface area (Å²) in [6.07, 6.45) is 0. The molecule has 0 fully saturated rings. The summed E-state index contributed by atoms with van der Waals surface area (Å²) in [6.45, 7) is 2.35. The highest BCUT2D eigenvalue weighted by atomic mass is 16.3. The van der Waals surface area contributed by atoms with Gasteiger partial charge in [0.05, 0.1) is 6.61 Å². The molecule has 0 aliphatic heterocycles. The molecule has 1 N–H and O–H groups in total. The molecular formula is C6H13N7O. The fourth-order valence-electron chi connectivity index (χ4n) is 0.939. The fourth-order valence-corrected chi connectivity index (χ4v) is 0.939. The standard InChI is InChI=1S/C6H13N7O/c7-11-9-1-3-13(5-6-14)4-2-10-12-8/h14H,1-6H2. The van der Waals surface area contributed by atoms with Crippen molar-refractivity contribution in [2.75, 3.05) is 39.3 Å². The lowest BCUT2D eigenvalue weighted by Crippen LogP contribution is -2.31. The molecule has 8 heteroatoms. The van der Waals surface area contributed by atoms with Gasteiger partial charge in [-0.15, -0.1) is 0 Å². The first kappa shape index (κ1) is 12.5. The van der Waals surface area contributed by atoms with Gasteiger partial charge < -0.3 is 10.0 Å². The molecule has 0 amide bonds. The van der Waals surface area contributed by atoms with Crippen LogP contribution in [0.5, 0.6) is 0 Å². The van der Waals surface area contributed by atoms with E-state index in [4.69, 9.17) is 16.2 Å². The molecule has 78 valence electrons. The van der Waals surface area contributed by atoms with Crippen LogP contribution < -0.4 is 0 Å². The number of nitrogens with zero attached hydrogens (tertiary/aromatic N) is 7. The quantitative estimate of drug-likeness (QED) is 0.354. The molecule has 0 rings (SSSR count). The highest BCUT2D eigenvalue weighted by Crippen LogP contribution is 1.89. The van der Waals surface area contributed by atoms with E-state index < -0.39 is 0 Å². The van der Waals surface area contributed by atoms with Gasteiger partial charge in [-0.25, -0.2) is 0 Å². The Morgan fingerprint density at radius 2 is 1.50 bits per heavy atom. The predicted octanol–water partition coefficient (Wildman–Crippen LogP) is 0.901. The van der Waals surface area contributed by atoms with Crippen LogP contribution >= 0.6 is 0 Å². The maximum atomic E-state index is 8.70. The number of azide groups is 2. The molecule has 0 unspecified atom stereocenters. The molecule has 0 heterocycles. The summed E-state index contributed by atoms with van der Waals surface area (Å²) in [6, 6.07) is 0. The fraction of sp³-hybridized carbons (Fsp3) is 1.00. The molecule has 0 bridgehead atoms. The van der Waals surface area contributed by atoms with E-state index in [1.807, 2.05) is 4.90 Å². The maximum Gasteiger partial charge on any atom is 0.0558 e. The Bertz CT molecular complexity index is 208. The minimum Gasteiger partial charge on any atom is -0.395 e. The first-order valence-electron chi connectivity index (χ1n) is 4.20. The zero-order chi connectivity index (χ0) is 10.6. The summed E-state index contributed by atoms with van der Waals surface area (Å²) in [7, 11) is 0. The molecule has 14 heavy (non-hydrogen) atoms. The van der Waals surface area contributed by atoms with Crippen LogP contribution in [0.2, 0.25) is 0 Å². The molecule has 8 nitrogen and oxygen atoms in total. The van der Waals surface area contributed by atoms with Crippen LogP contribution in [0.1, 0.15) is 0 Å². The van der Waals surface area contributed by atoms with Gasteiger partial charge in [-0.1, -0.05) is 10.2 Å². The second kappa shape index (κ2) is 9.63. The number of hydrogen-bond donors (Lipinski definition) is 1. The minimum atomic E-state index is 0.0343. The van der Waals surface area contributed by atoms with Crippen LogP contribution in [-0.4, -0.2) is 49.3 Å². The summed E-state index contributed by atoms with van der Waals surface area (Å²) < 4.78 is 0. The molecule has 0 saturated heterocycles. The largest absolute Gasteiger partial charge is 0.395 e. The maximum absolute atomic E-state index is 8.70. The van der Waals surface area contributed by atoms with E-state index in [0.717, 1.165) is 0 Å². The summed E-state index contributed by atoms with van der Waals surface area (Å²) in [5.41, 5.74) is 16.1. The van der Waals surface area contributed by atoms with Gasteiger partial charge in [0.2, 0.25) is 0 Å². The van der Waals surface area contributed by atoms with Crippen molar-refractivity contribution in [1.82, 2.24) is 4.90 Å². The smallest absolute Gasteiger partial charge is 0.0558 e. The van der Waals surface area contributed by atoms with Crippen LogP contribution in [0.4, 0.5) is 0 Å². The molecule has 0 aromatic heterocycles. The van der Waals surface area contributed by atoms with Gasteiger partial charge in [0.15, 0.2) is 0 Å². The van der Waals surface area contributed by atoms with Gasteiger partial charge in [0.1, 0.15) is 0 Å². The Kier molecular flexibility index (Phi) is 8.62. The molecule has 0 saturated carbocycles. The zero-order valence-corrected chi connectivity index (χ0v) is 7.82. The average molecular weight is 199 g/mol. The number of aliphatic hydroxyl groups is 1. The molecule has 0 aromatic carbocycles. The lowest BCUT2D eigenvalue weighted by molar-refractivity contribution is 0.202. The Labute approximate surface area is 81.4 Å². The number of aliphatic hydroxyl groups excluding tert-OH is 1. The van der Waals surface area contributed by atoms with Gasteiger partial charge in [-0.05, 0) is 11.1 Å². The van der Waals surface area contributed by atoms with Crippen molar-refractivity contribution in [3.05, 3.63) is 20.9 Å². The van der Waals surface area contributed by atoms with Crippen LogP contribution in [0, 0.1) is 0 Å². The van der Waals surface area contributed by atoms with Crippen molar-refractivity contribution < 1.29 is 5.11 Å². The van der Waals surface area contributed by atoms with Crippen LogP contribution in [-0.2, 0) is 0 Å². The van der Waals surface area contributed by atoms with Crippen LogP contribution in [0.15, 0.2) is 10.2 Å². The summed E-state index contributed by atoms with van der Waals surface area (Å²) >= 11 is 0. The second-order valence-corrected chi connectivity index (χ2v) is 2.47. The number of rotatable bonds is 8. The molecule has 0 aliphatic rings. The lowest BCUT2D eigenvalue weighted by atomic mass is 10.4. The van der Waals surface area contributed by atoms with E-state index >= 15 is 0 Å². The van der Waals surface area contributed by atoms with Crippen molar-refractivity contribution in [1.29, 1.82) is 0 Å². The Hall–Kier alpha value is -1.46. The van der Waals surface area contributed by atoms with Gasteiger partial charge in [-0.3, -0.25) is 0 Å². The van der Waals surface area contributed by atoms with E-state index in [0.29, 0.717) is 32.7 Å². The van der Waals surface area contributed by atoms with E-state index in [2.05, 4.69) is 20.1 Å². The summed E-state index contributed by atoms with van der Waals surface area (Å²) in [5.74, 6) is 0. The van der Waals surface area contributed by atoms with E-state index in [-0.39, 0.29) is 6.61 Å². The summed E-state index contributed by atoms with van der Waals surface area (Å²) in [4.78, 5) is 7.10. The third-order valence-electron chi connectivity index (χ3n) is 1.58. The molecule has 0 spiro atoms. The van der Waals surface area contributed by atoms with Gasteiger partial charge >= 0.3 is 0 Å². The topological polar surface area (TPSA) is 121 Å². The van der Waals surface area contributed by atoms with Crippen molar-refractivity contribution in [3.8, 4) is 0 Å². The van der Waals surface area contributed by atoms with E-state index in [1.165, 1.54) is 0 Å². The average Bonchev–Trinajstić information content (AvgIpc) is 2.18.